The second-order valence-corrected chi connectivity index (χ2v) is 13.0. The SMILES string of the molecule is CCCCCC/C=C\CCCCCCCC(=O)O[C@@H](CO)COC(=O)CCCCCCCCCCCCCCCCCCC. The Hall–Kier alpha value is -1.36. The molecule has 5 nitrogen and oxygen atoms in total. The van der Waals surface area contributed by atoms with Crippen LogP contribution in [0.15, 0.2) is 12.2 Å². The van der Waals surface area contributed by atoms with Crippen LogP contribution < -0.4 is 0 Å². The highest BCUT2D eigenvalue weighted by molar-refractivity contribution is 5.70. The average molecular weight is 623 g/mol. The van der Waals surface area contributed by atoms with E-state index >= 15 is 0 Å². The predicted octanol–water partition coefficient (Wildman–Crippen LogP) is 11.7. The van der Waals surface area contributed by atoms with E-state index in [9.17, 15) is 14.7 Å². The van der Waals surface area contributed by atoms with Crippen molar-refractivity contribution in [3.05, 3.63) is 12.2 Å². The second kappa shape index (κ2) is 36.1. The van der Waals surface area contributed by atoms with E-state index in [-0.39, 0.29) is 25.2 Å². The van der Waals surface area contributed by atoms with E-state index in [4.69, 9.17) is 9.47 Å². The van der Waals surface area contributed by atoms with Crippen LogP contribution in [0.2, 0.25) is 0 Å². The van der Waals surface area contributed by atoms with Gasteiger partial charge in [-0.1, -0.05) is 167 Å². The molecule has 0 bridgehead atoms. The maximum Gasteiger partial charge on any atom is 0.306 e. The van der Waals surface area contributed by atoms with Crippen LogP contribution in [0.25, 0.3) is 0 Å². The number of allylic oxidation sites excluding steroid dienone is 2. The lowest BCUT2D eigenvalue weighted by Gasteiger charge is -2.15. The summed E-state index contributed by atoms with van der Waals surface area (Å²) in [5.74, 6) is -0.592. The highest BCUT2D eigenvalue weighted by Gasteiger charge is 2.16. The van der Waals surface area contributed by atoms with E-state index in [1.54, 1.807) is 0 Å². The van der Waals surface area contributed by atoms with Gasteiger partial charge in [-0.2, -0.15) is 0 Å². The molecule has 0 unspecified atom stereocenters. The quantitative estimate of drug-likeness (QED) is 0.0432. The van der Waals surface area contributed by atoms with E-state index in [1.807, 2.05) is 0 Å². The Morgan fingerprint density at radius 2 is 0.841 bits per heavy atom. The molecule has 0 aliphatic rings. The monoisotopic (exact) mass is 623 g/mol. The first kappa shape index (κ1) is 42.6. The third kappa shape index (κ3) is 33.5. The van der Waals surface area contributed by atoms with Crippen molar-refractivity contribution in [2.45, 2.75) is 213 Å². The lowest BCUT2D eigenvalue weighted by Crippen LogP contribution is -2.28. The molecule has 1 atom stereocenters. The number of esters is 2. The average Bonchev–Trinajstić information content (AvgIpc) is 3.02. The molecule has 0 amide bonds. The fourth-order valence-electron chi connectivity index (χ4n) is 5.61. The summed E-state index contributed by atoms with van der Waals surface area (Å²) >= 11 is 0. The molecular formula is C39H74O5. The Labute approximate surface area is 273 Å². The van der Waals surface area contributed by atoms with Crippen molar-refractivity contribution in [3.63, 3.8) is 0 Å². The van der Waals surface area contributed by atoms with Crippen LogP contribution in [0.4, 0.5) is 0 Å². The lowest BCUT2D eigenvalue weighted by atomic mass is 10.0. The van der Waals surface area contributed by atoms with Crippen LogP contribution in [-0.2, 0) is 19.1 Å². The van der Waals surface area contributed by atoms with Gasteiger partial charge in [-0.25, -0.2) is 0 Å². The van der Waals surface area contributed by atoms with Crippen molar-refractivity contribution < 1.29 is 24.2 Å². The molecule has 0 saturated heterocycles. The van der Waals surface area contributed by atoms with Crippen LogP contribution in [0, 0.1) is 0 Å². The van der Waals surface area contributed by atoms with E-state index in [0.717, 1.165) is 38.5 Å². The fourth-order valence-corrected chi connectivity index (χ4v) is 5.61. The number of unbranched alkanes of at least 4 members (excludes halogenated alkanes) is 25. The standard InChI is InChI=1S/C39H74O5/c1-3-5-7-9-11-13-15-17-18-19-20-22-23-25-27-29-31-33-38(41)43-36-37(35-40)44-39(42)34-32-30-28-26-24-21-16-14-12-10-8-6-4-2/h14,16,37,40H,3-13,15,17-36H2,1-2H3/b16-14-/t37-/m0/s1. The highest BCUT2D eigenvalue weighted by Crippen LogP contribution is 2.15. The smallest absolute Gasteiger partial charge is 0.306 e. The number of hydrogen-bond donors (Lipinski definition) is 1. The number of hydrogen-bond acceptors (Lipinski definition) is 5. The minimum absolute atomic E-state index is 0.0633. The van der Waals surface area contributed by atoms with Gasteiger partial charge in [0.05, 0.1) is 6.61 Å². The Kier molecular flexibility index (Phi) is 35.0. The first-order chi connectivity index (χ1) is 21.6. The van der Waals surface area contributed by atoms with E-state index in [2.05, 4.69) is 26.0 Å². The van der Waals surface area contributed by atoms with Gasteiger partial charge in [-0.15, -0.1) is 0 Å². The van der Waals surface area contributed by atoms with Gasteiger partial charge in [-0.3, -0.25) is 9.59 Å². The molecule has 0 aliphatic carbocycles. The summed E-state index contributed by atoms with van der Waals surface area (Å²) in [5.41, 5.74) is 0. The summed E-state index contributed by atoms with van der Waals surface area (Å²) in [7, 11) is 0. The van der Waals surface area contributed by atoms with Crippen LogP contribution in [0.1, 0.15) is 206 Å². The Morgan fingerprint density at radius 3 is 1.25 bits per heavy atom. The predicted molar refractivity (Wildman–Crippen MR) is 187 cm³/mol. The van der Waals surface area contributed by atoms with Crippen molar-refractivity contribution in [2.24, 2.45) is 0 Å². The minimum Gasteiger partial charge on any atom is -0.462 e. The maximum atomic E-state index is 12.1. The van der Waals surface area contributed by atoms with Crippen molar-refractivity contribution >= 4 is 11.9 Å². The number of ether oxygens (including phenoxy) is 2. The molecular weight excluding hydrogens is 548 g/mol. The van der Waals surface area contributed by atoms with Gasteiger partial charge < -0.3 is 14.6 Å². The molecule has 0 radical (unpaired) electrons. The number of carbonyl (C=O) groups excluding carboxylic acids is 2. The van der Waals surface area contributed by atoms with Crippen LogP contribution in [0.3, 0.4) is 0 Å². The van der Waals surface area contributed by atoms with Gasteiger partial charge in [0.25, 0.3) is 0 Å². The van der Waals surface area contributed by atoms with Crippen molar-refractivity contribution in [1.82, 2.24) is 0 Å². The molecule has 0 spiro atoms. The number of carbonyl (C=O) groups is 2. The summed E-state index contributed by atoms with van der Waals surface area (Å²) in [6.45, 7) is 4.13. The van der Waals surface area contributed by atoms with Gasteiger partial charge in [-0.05, 0) is 38.5 Å². The topological polar surface area (TPSA) is 72.8 Å². The Balaban J connectivity index is 3.52. The zero-order valence-electron chi connectivity index (χ0n) is 29.4. The molecule has 5 heteroatoms. The fraction of sp³-hybridized carbons (Fsp3) is 0.897. The molecule has 0 aliphatic heterocycles. The summed E-state index contributed by atoms with van der Waals surface area (Å²) in [6, 6.07) is 0. The minimum atomic E-state index is -0.768. The van der Waals surface area contributed by atoms with E-state index in [0.29, 0.717) is 12.8 Å². The zero-order chi connectivity index (χ0) is 32.2. The van der Waals surface area contributed by atoms with Gasteiger partial charge in [0.15, 0.2) is 6.10 Å². The number of aliphatic hydroxyl groups is 1. The van der Waals surface area contributed by atoms with Crippen LogP contribution >= 0.6 is 0 Å². The van der Waals surface area contributed by atoms with Gasteiger partial charge in [0.1, 0.15) is 6.61 Å². The second-order valence-electron chi connectivity index (χ2n) is 13.0. The summed E-state index contributed by atoms with van der Waals surface area (Å²) in [4.78, 5) is 24.2. The highest BCUT2D eigenvalue weighted by atomic mass is 16.6. The first-order valence-corrected chi connectivity index (χ1v) is 19.2. The third-order valence-electron chi connectivity index (χ3n) is 8.56. The molecule has 44 heavy (non-hydrogen) atoms. The number of aliphatic hydroxyl groups excluding tert-OH is 1. The molecule has 0 aromatic carbocycles. The summed E-state index contributed by atoms with van der Waals surface area (Å²) in [6.07, 6.45) is 39.8. The summed E-state index contributed by atoms with van der Waals surface area (Å²) in [5, 5.41) is 9.53. The molecule has 260 valence electrons. The van der Waals surface area contributed by atoms with Gasteiger partial charge in [0.2, 0.25) is 0 Å². The van der Waals surface area contributed by atoms with Gasteiger partial charge >= 0.3 is 11.9 Å². The molecule has 0 aromatic heterocycles. The first-order valence-electron chi connectivity index (χ1n) is 19.2. The molecule has 1 N–H and O–H groups in total. The third-order valence-corrected chi connectivity index (χ3v) is 8.56. The lowest BCUT2D eigenvalue weighted by molar-refractivity contribution is -0.161. The summed E-state index contributed by atoms with van der Waals surface area (Å²) < 4.78 is 10.6. The normalized spacial score (nSPS) is 12.2. The largest absolute Gasteiger partial charge is 0.462 e. The van der Waals surface area contributed by atoms with Crippen LogP contribution in [0.5, 0.6) is 0 Å². The van der Waals surface area contributed by atoms with Gasteiger partial charge in [0, 0.05) is 12.8 Å². The Bertz CT molecular complexity index is 632. The Morgan fingerprint density at radius 1 is 0.500 bits per heavy atom. The number of rotatable bonds is 35. The zero-order valence-corrected chi connectivity index (χ0v) is 29.4. The molecule has 0 heterocycles. The van der Waals surface area contributed by atoms with Crippen molar-refractivity contribution in [3.8, 4) is 0 Å². The van der Waals surface area contributed by atoms with Crippen molar-refractivity contribution in [1.29, 1.82) is 0 Å². The van der Waals surface area contributed by atoms with Crippen molar-refractivity contribution in [2.75, 3.05) is 13.2 Å². The van der Waals surface area contributed by atoms with E-state index in [1.165, 1.54) is 141 Å². The molecule has 0 saturated carbocycles. The van der Waals surface area contributed by atoms with E-state index < -0.39 is 6.10 Å². The van der Waals surface area contributed by atoms with Crippen LogP contribution in [-0.4, -0.2) is 36.4 Å². The maximum absolute atomic E-state index is 12.1. The molecule has 0 fully saturated rings. The molecule has 0 rings (SSSR count). The molecule has 0 aromatic rings.